The third kappa shape index (κ3) is 3.53. The van der Waals surface area contributed by atoms with Gasteiger partial charge in [0.25, 0.3) is 5.91 Å². The number of nitrogens with one attached hydrogen (secondary N) is 1. The third-order valence-corrected chi connectivity index (χ3v) is 3.25. The lowest BCUT2D eigenvalue weighted by Crippen LogP contribution is -2.45. The van der Waals surface area contributed by atoms with Crippen LogP contribution in [0.25, 0.3) is 0 Å². The lowest BCUT2D eigenvalue weighted by molar-refractivity contribution is -0.132. The quantitative estimate of drug-likeness (QED) is 0.820. The summed E-state index contributed by atoms with van der Waals surface area (Å²) < 4.78 is 10.4. The maximum Gasteiger partial charge on any atom is 0.253 e. The number of rotatable bonds is 5. The van der Waals surface area contributed by atoms with Gasteiger partial charge in [-0.15, -0.1) is 0 Å². The molecule has 1 aromatic rings. The van der Waals surface area contributed by atoms with Crippen LogP contribution in [0.15, 0.2) is 30.3 Å². The molecule has 1 amide bonds. The molecule has 0 bridgehead atoms. The van der Waals surface area contributed by atoms with E-state index in [0.717, 1.165) is 5.56 Å². The summed E-state index contributed by atoms with van der Waals surface area (Å²) in [6, 6.07) is 9.26. The van der Waals surface area contributed by atoms with Gasteiger partial charge < -0.3 is 19.9 Å². The average molecular weight is 265 g/mol. The molecule has 0 aromatic heterocycles. The van der Waals surface area contributed by atoms with E-state index in [9.17, 15) is 9.90 Å². The van der Waals surface area contributed by atoms with Crippen molar-refractivity contribution < 1.29 is 19.4 Å². The first-order valence-corrected chi connectivity index (χ1v) is 6.30. The first-order chi connectivity index (χ1) is 9.14. The lowest BCUT2D eigenvalue weighted by Gasteiger charge is -2.22. The Morgan fingerprint density at radius 1 is 1.53 bits per heavy atom. The molecule has 1 saturated heterocycles. The van der Waals surface area contributed by atoms with Crippen LogP contribution in [0.3, 0.4) is 0 Å². The Balaban J connectivity index is 1.94. The van der Waals surface area contributed by atoms with Crippen LogP contribution in [-0.4, -0.2) is 43.5 Å². The van der Waals surface area contributed by atoms with E-state index in [1.165, 1.54) is 7.11 Å². The Morgan fingerprint density at radius 2 is 2.26 bits per heavy atom. The molecule has 0 radical (unpaired) electrons. The number of carbonyl (C=O) groups excluding carboxylic acids is 1. The molecule has 104 valence electrons. The Bertz CT molecular complexity index is 415. The van der Waals surface area contributed by atoms with Crippen LogP contribution in [0.1, 0.15) is 18.1 Å². The molecule has 1 fully saturated rings. The Hall–Kier alpha value is -1.43. The molecule has 1 aliphatic heterocycles. The smallest absolute Gasteiger partial charge is 0.253 e. The van der Waals surface area contributed by atoms with Gasteiger partial charge in [-0.3, -0.25) is 4.79 Å². The fourth-order valence-corrected chi connectivity index (χ4v) is 2.10. The van der Waals surface area contributed by atoms with Gasteiger partial charge in [-0.2, -0.15) is 0 Å². The molecule has 1 aromatic carbocycles. The van der Waals surface area contributed by atoms with Gasteiger partial charge in [0.1, 0.15) is 5.60 Å². The van der Waals surface area contributed by atoms with E-state index >= 15 is 0 Å². The zero-order chi connectivity index (χ0) is 13.7. The largest absolute Gasteiger partial charge is 0.386 e. The predicted octanol–water partition coefficient (Wildman–Crippen LogP) is 0.642. The van der Waals surface area contributed by atoms with Crippen molar-refractivity contribution in [3.8, 4) is 0 Å². The van der Waals surface area contributed by atoms with Gasteiger partial charge in [0.15, 0.2) is 6.10 Å². The highest BCUT2D eigenvalue weighted by atomic mass is 16.5. The number of carbonyl (C=O) groups is 1. The fraction of sp³-hybridized carbons (Fsp3) is 0.500. The number of amides is 1. The standard InChI is InChI=1S/C14H19NO4/c1-18-12(11-5-3-2-4-6-11)13(16)15-9-14(17)7-8-19-10-14/h2-6,12,17H,7-10H2,1H3,(H,15,16). The molecular weight excluding hydrogens is 246 g/mol. The fourth-order valence-electron chi connectivity index (χ4n) is 2.10. The van der Waals surface area contributed by atoms with Crippen molar-refractivity contribution in [3.63, 3.8) is 0 Å². The summed E-state index contributed by atoms with van der Waals surface area (Å²) in [5.41, 5.74) is -0.165. The van der Waals surface area contributed by atoms with Crippen LogP contribution >= 0.6 is 0 Å². The van der Waals surface area contributed by atoms with Crippen molar-refractivity contribution in [1.82, 2.24) is 5.32 Å². The second-order valence-electron chi connectivity index (χ2n) is 4.77. The van der Waals surface area contributed by atoms with Gasteiger partial charge in [0.2, 0.25) is 0 Å². The van der Waals surface area contributed by atoms with E-state index in [1.54, 1.807) is 0 Å². The van der Waals surface area contributed by atoms with Gasteiger partial charge in [0, 0.05) is 26.7 Å². The summed E-state index contributed by atoms with van der Waals surface area (Å²) in [6.07, 6.45) is -0.122. The van der Waals surface area contributed by atoms with Crippen LogP contribution in [0.4, 0.5) is 0 Å². The SMILES string of the molecule is COC(C(=O)NCC1(O)CCOC1)c1ccccc1. The number of benzene rings is 1. The Kier molecular flexibility index (Phi) is 4.52. The maximum atomic E-state index is 12.1. The predicted molar refractivity (Wildman–Crippen MR) is 69.6 cm³/mol. The molecule has 1 aliphatic rings. The van der Waals surface area contributed by atoms with Gasteiger partial charge in [-0.25, -0.2) is 0 Å². The molecule has 19 heavy (non-hydrogen) atoms. The summed E-state index contributed by atoms with van der Waals surface area (Å²) in [7, 11) is 1.49. The molecule has 0 spiro atoms. The van der Waals surface area contributed by atoms with E-state index in [4.69, 9.17) is 9.47 Å². The molecular formula is C14H19NO4. The van der Waals surface area contributed by atoms with Gasteiger partial charge in [-0.1, -0.05) is 30.3 Å². The van der Waals surface area contributed by atoms with Crippen LogP contribution in [0, 0.1) is 0 Å². The summed E-state index contributed by atoms with van der Waals surface area (Å²) in [4.78, 5) is 12.1. The molecule has 2 N–H and O–H groups in total. The van der Waals surface area contributed by atoms with Crippen molar-refractivity contribution >= 4 is 5.91 Å². The molecule has 0 saturated carbocycles. The van der Waals surface area contributed by atoms with Crippen molar-refractivity contribution in [2.75, 3.05) is 26.9 Å². The summed E-state index contributed by atoms with van der Waals surface area (Å²) in [6.45, 7) is 0.966. The summed E-state index contributed by atoms with van der Waals surface area (Å²) in [5.74, 6) is -0.256. The minimum atomic E-state index is -0.954. The number of ether oxygens (including phenoxy) is 2. The molecule has 2 rings (SSSR count). The number of methoxy groups -OCH3 is 1. The average Bonchev–Trinajstić information content (AvgIpc) is 2.86. The van der Waals surface area contributed by atoms with Crippen molar-refractivity contribution in [3.05, 3.63) is 35.9 Å². The van der Waals surface area contributed by atoms with E-state index in [-0.39, 0.29) is 19.1 Å². The van der Waals surface area contributed by atoms with Crippen molar-refractivity contribution in [2.45, 2.75) is 18.1 Å². The van der Waals surface area contributed by atoms with Gasteiger partial charge in [-0.05, 0) is 5.56 Å². The molecule has 0 aliphatic carbocycles. The van der Waals surface area contributed by atoms with Crippen LogP contribution < -0.4 is 5.32 Å². The van der Waals surface area contributed by atoms with Gasteiger partial charge >= 0.3 is 0 Å². The van der Waals surface area contributed by atoms with E-state index in [2.05, 4.69) is 5.32 Å². The Morgan fingerprint density at radius 3 is 2.84 bits per heavy atom. The molecule has 2 unspecified atom stereocenters. The molecule has 1 heterocycles. The molecule has 5 nitrogen and oxygen atoms in total. The first kappa shape index (κ1) is 14.0. The second-order valence-corrected chi connectivity index (χ2v) is 4.77. The maximum absolute atomic E-state index is 12.1. The monoisotopic (exact) mass is 265 g/mol. The zero-order valence-electron chi connectivity index (χ0n) is 11.0. The third-order valence-electron chi connectivity index (χ3n) is 3.25. The highest BCUT2D eigenvalue weighted by Gasteiger charge is 2.33. The number of hydrogen-bond acceptors (Lipinski definition) is 4. The topological polar surface area (TPSA) is 67.8 Å². The lowest BCUT2D eigenvalue weighted by atomic mass is 10.0. The number of aliphatic hydroxyl groups is 1. The van der Waals surface area contributed by atoms with Crippen molar-refractivity contribution in [2.24, 2.45) is 0 Å². The first-order valence-electron chi connectivity index (χ1n) is 6.30. The van der Waals surface area contributed by atoms with E-state index in [1.807, 2.05) is 30.3 Å². The number of hydrogen-bond donors (Lipinski definition) is 2. The minimum absolute atomic E-state index is 0.179. The van der Waals surface area contributed by atoms with Gasteiger partial charge in [0.05, 0.1) is 6.61 Å². The zero-order valence-corrected chi connectivity index (χ0v) is 11.0. The van der Waals surface area contributed by atoms with Crippen LogP contribution in [0.2, 0.25) is 0 Å². The van der Waals surface area contributed by atoms with E-state index in [0.29, 0.717) is 13.0 Å². The summed E-state index contributed by atoms with van der Waals surface area (Å²) >= 11 is 0. The van der Waals surface area contributed by atoms with Crippen LogP contribution in [-0.2, 0) is 14.3 Å². The minimum Gasteiger partial charge on any atom is -0.386 e. The Labute approximate surface area is 112 Å². The highest BCUT2D eigenvalue weighted by molar-refractivity contribution is 5.82. The van der Waals surface area contributed by atoms with Crippen molar-refractivity contribution in [1.29, 1.82) is 0 Å². The molecule has 2 atom stereocenters. The molecule has 5 heteroatoms. The second kappa shape index (κ2) is 6.14. The normalized spacial score (nSPS) is 24.1. The summed E-state index contributed by atoms with van der Waals surface area (Å²) in [5, 5.41) is 12.8. The van der Waals surface area contributed by atoms with Crippen LogP contribution in [0.5, 0.6) is 0 Å². The van der Waals surface area contributed by atoms with E-state index < -0.39 is 11.7 Å². The highest BCUT2D eigenvalue weighted by Crippen LogP contribution is 2.19.